The van der Waals surface area contributed by atoms with E-state index in [0.29, 0.717) is 17.1 Å². The Morgan fingerprint density at radius 2 is 1.85 bits per heavy atom. The third-order valence-electron chi connectivity index (χ3n) is 3.17. The Bertz CT molecular complexity index is 777. The molecule has 3 aromatic rings. The first-order chi connectivity index (χ1) is 9.75. The van der Waals surface area contributed by atoms with Crippen LogP contribution >= 0.6 is 11.6 Å². The standard InChI is InChI=1S/C16H13ClN2O/c17-14-7-3-1-5-11(14)9-18-10-13-12-6-2-4-8-15(12)19-16(13)20/h1-8,10,19-20H,9H2. The fourth-order valence-corrected chi connectivity index (χ4v) is 2.34. The highest BCUT2D eigenvalue weighted by molar-refractivity contribution is 6.31. The molecule has 2 N–H and O–H groups in total. The quantitative estimate of drug-likeness (QED) is 0.698. The predicted molar refractivity (Wildman–Crippen MR) is 82.7 cm³/mol. The first-order valence-electron chi connectivity index (χ1n) is 6.28. The number of aliphatic imine (C=N–C) groups is 1. The Hall–Kier alpha value is -2.26. The Balaban J connectivity index is 1.88. The zero-order valence-electron chi connectivity index (χ0n) is 10.7. The van der Waals surface area contributed by atoms with Crippen molar-refractivity contribution in [2.24, 2.45) is 4.99 Å². The van der Waals surface area contributed by atoms with Crippen LogP contribution in [0.5, 0.6) is 5.88 Å². The lowest BCUT2D eigenvalue weighted by Crippen LogP contribution is -1.85. The SMILES string of the molecule is Oc1[nH]c2ccccc2c1C=NCc1ccccc1Cl. The van der Waals surface area contributed by atoms with Gasteiger partial charge in [-0.1, -0.05) is 48.0 Å². The van der Waals surface area contributed by atoms with Gasteiger partial charge < -0.3 is 10.1 Å². The summed E-state index contributed by atoms with van der Waals surface area (Å²) in [5, 5.41) is 11.6. The van der Waals surface area contributed by atoms with Gasteiger partial charge in [-0.3, -0.25) is 4.99 Å². The van der Waals surface area contributed by atoms with Crippen molar-refractivity contribution in [1.82, 2.24) is 4.98 Å². The van der Waals surface area contributed by atoms with Crippen molar-refractivity contribution in [3.05, 3.63) is 64.7 Å². The molecule has 0 bridgehead atoms. The van der Waals surface area contributed by atoms with E-state index in [0.717, 1.165) is 16.5 Å². The molecule has 0 unspecified atom stereocenters. The maximum Gasteiger partial charge on any atom is 0.198 e. The minimum atomic E-state index is 0.133. The topological polar surface area (TPSA) is 48.4 Å². The molecule has 2 aromatic carbocycles. The summed E-state index contributed by atoms with van der Waals surface area (Å²) in [6.45, 7) is 0.485. The highest BCUT2D eigenvalue weighted by Crippen LogP contribution is 2.25. The number of H-pyrrole nitrogens is 1. The zero-order valence-corrected chi connectivity index (χ0v) is 11.4. The van der Waals surface area contributed by atoms with E-state index in [4.69, 9.17) is 11.6 Å². The smallest absolute Gasteiger partial charge is 0.198 e. The highest BCUT2D eigenvalue weighted by Gasteiger charge is 2.07. The monoisotopic (exact) mass is 284 g/mol. The molecule has 0 saturated heterocycles. The predicted octanol–water partition coefficient (Wildman–Crippen LogP) is 4.15. The van der Waals surface area contributed by atoms with Crippen molar-refractivity contribution in [3.8, 4) is 5.88 Å². The van der Waals surface area contributed by atoms with E-state index >= 15 is 0 Å². The van der Waals surface area contributed by atoms with Gasteiger partial charge in [0.1, 0.15) is 0 Å². The molecule has 0 fully saturated rings. The van der Waals surface area contributed by atoms with E-state index in [1.54, 1.807) is 6.21 Å². The van der Waals surface area contributed by atoms with Crippen LogP contribution < -0.4 is 0 Å². The second-order valence-electron chi connectivity index (χ2n) is 4.49. The summed E-state index contributed by atoms with van der Waals surface area (Å²) in [5.41, 5.74) is 2.56. The van der Waals surface area contributed by atoms with Crippen molar-refractivity contribution in [3.63, 3.8) is 0 Å². The number of hydrogen-bond acceptors (Lipinski definition) is 2. The van der Waals surface area contributed by atoms with Gasteiger partial charge in [-0.05, 0) is 17.7 Å². The number of hydrogen-bond donors (Lipinski definition) is 2. The number of rotatable bonds is 3. The van der Waals surface area contributed by atoms with Crippen molar-refractivity contribution in [2.75, 3.05) is 0 Å². The van der Waals surface area contributed by atoms with Crippen LogP contribution in [0.25, 0.3) is 10.9 Å². The summed E-state index contributed by atoms with van der Waals surface area (Å²) in [4.78, 5) is 7.29. The maximum atomic E-state index is 9.91. The molecular formula is C16H13ClN2O. The third kappa shape index (κ3) is 2.40. The molecule has 0 amide bonds. The molecule has 0 saturated carbocycles. The fourth-order valence-electron chi connectivity index (χ4n) is 2.14. The molecule has 0 aliphatic heterocycles. The van der Waals surface area contributed by atoms with E-state index in [2.05, 4.69) is 9.98 Å². The highest BCUT2D eigenvalue weighted by atomic mass is 35.5. The van der Waals surface area contributed by atoms with Crippen molar-refractivity contribution in [1.29, 1.82) is 0 Å². The zero-order chi connectivity index (χ0) is 13.9. The Labute approximate surface area is 121 Å². The summed E-state index contributed by atoms with van der Waals surface area (Å²) in [5.74, 6) is 0.133. The minimum absolute atomic E-state index is 0.133. The normalized spacial score (nSPS) is 11.4. The Morgan fingerprint density at radius 3 is 2.70 bits per heavy atom. The first kappa shape index (κ1) is 12.8. The number of nitrogens with zero attached hydrogens (tertiary/aromatic N) is 1. The number of nitrogens with one attached hydrogen (secondary N) is 1. The molecule has 0 spiro atoms. The van der Waals surface area contributed by atoms with Crippen LogP contribution in [0.3, 0.4) is 0 Å². The van der Waals surface area contributed by atoms with Crippen LogP contribution in [-0.4, -0.2) is 16.3 Å². The van der Waals surface area contributed by atoms with Gasteiger partial charge in [-0.2, -0.15) is 0 Å². The van der Waals surface area contributed by atoms with Gasteiger partial charge >= 0.3 is 0 Å². The molecule has 4 heteroatoms. The van der Waals surface area contributed by atoms with E-state index in [1.165, 1.54) is 0 Å². The number of fused-ring (bicyclic) bond motifs is 1. The first-order valence-corrected chi connectivity index (χ1v) is 6.66. The van der Waals surface area contributed by atoms with Crippen LogP contribution in [0.2, 0.25) is 5.02 Å². The van der Waals surface area contributed by atoms with Crippen LogP contribution in [0, 0.1) is 0 Å². The number of para-hydroxylation sites is 1. The average molecular weight is 285 g/mol. The summed E-state index contributed by atoms with van der Waals surface area (Å²) < 4.78 is 0. The summed E-state index contributed by atoms with van der Waals surface area (Å²) in [7, 11) is 0. The van der Waals surface area contributed by atoms with Gasteiger partial charge in [-0.25, -0.2) is 0 Å². The molecule has 0 aliphatic carbocycles. The number of aromatic hydroxyl groups is 1. The third-order valence-corrected chi connectivity index (χ3v) is 3.53. The summed E-state index contributed by atoms with van der Waals surface area (Å²) in [6, 6.07) is 15.3. The van der Waals surface area contributed by atoms with Crippen LogP contribution in [0.1, 0.15) is 11.1 Å². The molecular weight excluding hydrogens is 272 g/mol. The molecule has 20 heavy (non-hydrogen) atoms. The minimum Gasteiger partial charge on any atom is -0.494 e. The lowest BCUT2D eigenvalue weighted by Gasteiger charge is -1.99. The molecule has 0 aliphatic rings. The van der Waals surface area contributed by atoms with E-state index in [-0.39, 0.29) is 5.88 Å². The molecule has 0 radical (unpaired) electrons. The molecule has 100 valence electrons. The number of halogens is 1. The van der Waals surface area contributed by atoms with Crippen LogP contribution in [-0.2, 0) is 6.54 Å². The lowest BCUT2D eigenvalue weighted by atomic mass is 10.2. The van der Waals surface area contributed by atoms with Crippen LogP contribution in [0.15, 0.2) is 53.5 Å². The van der Waals surface area contributed by atoms with Crippen molar-refractivity contribution < 1.29 is 5.11 Å². The number of aromatic amines is 1. The molecule has 3 nitrogen and oxygen atoms in total. The van der Waals surface area contributed by atoms with Crippen molar-refractivity contribution >= 4 is 28.7 Å². The second kappa shape index (κ2) is 5.39. The molecule has 1 heterocycles. The average Bonchev–Trinajstić information content (AvgIpc) is 2.77. The van der Waals surface area contributed by atoms with E-state index in [1.807, 2.05) is 48.5 Å². The van der Waals surface area contributed by atoms with Gasteiger partial charge in [0.25, 0.3) is 0 Å². The molecule has 1 aromatic heterocycles. The maximum absolute atomic E-state index is 9.91. The largest absolute Gasteiger partial charge is 0.494 e. The molecule has 0 atom stereocenters. The van der Waals surface area contributed by atoms with E-state index < -0.39 is 0 Å². The Morgan fingerprint density at radius 1 is 1.10 bits per heavy atom. The van der Waals surface area contributed by atoms with Gasteiger partial charge in [0.15, 0.2) is 5.88 Å². The second-order valence-corrected chi connectivity index (χ2v) is 4.90. The van der Waals surface area contributed by atoms with Gasteiger partial charge in [-0.15, -0.1) is 0 Å². The summed E-state index contributed by atoms with van der Waals surface area (Å²) in [6.07, 6.45) is 1.68. The summed E-state index contributed by atoms with van der Waals surface area (Å²) >= 11 is 6.08. The van der Waals surface area contributed by atoms with Gasteiger partial charge in [0.05, 0.1) is 12.1 Å². The lowest BCUT2D eigenvalue weighted by molar-refractivity contribution is 0.457. The number of benzene rings is 2. The van der Waals surface area contributed by atoms with Gasteiger partial charge in [0, 0.05) is 22.1 Å². The van der Waals surface area contributed by atoms with Crippen LogP contribution in [0.4, 0.5) is 0 Å². The van der Waals surface area contributed by atoms with E-state index in [9.17, 15) is 5.11 Å². The van der Waals surface area contributed by atoms with Crippen molar-refractivity contribution in [2.45, 2.75) is 6.54 Å². The molecule has 3 rings (SSSR count). The fraction of sp³-hybridized carbons (Fsp3) is 0.0625. The van der Waals surface area contributed by atoms with Gasteiger partial charge in [0.2, 0.25) is 0 Å². The number of aromatic nitrogens is 1. The Kier molecular flexibility index (Phi) is 3.44.